The summed E-state index contributed by atoms with van der Waals surface area (Å²) in [4.78, 5) is 4.68. The third kappa shape index (κ3) is 1.97. The van der Waals surface area contributed by atoms with E-state index in [9.17, 15) is 0 Å². The average molecular weight is 316 g/mol. The molecule has 3 rings (SSSR count). The Balaban J connectivity index is 2.29. The van der Waals surface area contributed by atoms with Gasteiger partial charge in [-0.1, -0.05) is 30.1 Å². The highest BCUT2D eigenvalue weighted by molar-refractivity contribution is 7.96. The third-order valence-electron chi connectivity index (χ3n) is 3.71. The van der Waals surface area contributed by atoms with Gasteiger partial charge in [-0.25, -0.2) is 9.29 Å². The first-order valence-electron chi connectivity index (χ1n) is 6.31. The van der Waals surface area contributed by atoms with E-state index in [0.29, 0.717) is 0 Å². The number of likely N-dealkylation sites (N-methyl/N-ethyl adjacent to an activating group) is 1. The monoisotopic (exact) mass is 315 g/mol. The second kappa shape index (κ2) is 4.85. The lowest BCUT2D eigenvalue weighted by Gasteiger charge is -2.25. The van der Waals surface area contributed by atoms with Gasteiger partial charge in [0.25, 0.3) is 0 Å². The Hall–Kier alpha value is -0.420. The van der Waals surface area contributed by atoms with Crippen LogP contribution in [-0.4, -0.2) is 26.9 Å². The molecule has 0 saturated heterocycles. The van der Waals surface area contributed by atoms with Crippen molar-refractivity contribution in [1.29, 1.82) is 0 Å². The highest BCUT2D eigenvalue weighted by Gasteiger charge is 2.24. The lowest BCUT2D eigenvalue weighted by Crippen LogP contribution is -2.26. The fourth-order valence-electron chi connectivity index (χ4n) is 2.36. The first-order chi connectivity index (χ1) is 9.04. The molecule has 6 heteroatoms. The van der Waals surface area contributed by atoms with Crippen LogP contribution in [0.25, 0.3) is 11.0 Å². The first kappa shape index (κ1) is 13.6. The van der Waals surface area contributed by atoms with Crippen LogP contribution in [0.5, 0.6) is 0 Å². The zero-order chi connectivity index (χ0) is 13.7. The standard InChI is InChI=1S/C13H15Cl2N3S/c1-4-17-5-6-18-12-10(15)8(3)7(2)9(14)11(12)16-13(18)19-17/h4-6H2,1-3H3. The van der Waals surface area contributed by atoms with Gasteiger partial charge in [-0.05, 0) is 36.9 Å². The summed E-state index contributed by atoms with van der Waals surface area (Å²) in [5.74, 6) is 0. The second-order valence-corrected chi connectivity index (χ2v) is 6.55. The summed E-state index contributed by atoms with van der Waals surface area (Å²) in [6.07, 6.45) is 0. The number of fused-ring (bicyclic) bond motifs is 3. The van der Waals surface area contributed by atoms with Gasteiger partial charge in [-0.15, -0.1) is 0 Å². The predicted octanol–water partition coefficient (Wildman–Crippen LogP) is 4.30. The van der Waals surface area contributed by atoms with Crippen LogP contribution in [0.2, 0.25) is 10.0 Å². The molecule has 0 unspecified atom stereocenters. The van der Waals surface area contributed by atoms with Crippen molar-refractivity contribution in [2.75, 3.05) is 13.1 Å². The maximum absolute atomic E-state index is 6.51. The van der Waals surface area contributed by atoms with Crippen LogP contribution in [-0.2, 0) is 6.54 Å². The Morgan fingerprint density at radius 3 is 2.53 bits per heavy atom. The Kier molecular flexibility index (Phi) is 3.46. The summed E-state index contributed by atoms with van der Waals surface area (Å²) in [6, 6.07) is 0. The Labute approximate surface area is 127 Å². The molecule has 0 bridgehead atoms. The van der Waals surface area contributed by atoms with Crippen LogP contribution < -0.4 is 0 Å². The molecule has 0 radical (unpaired) electrons. The maximum atomic E-state index is 6.51. The minimum atomic E-state index is 0.724. The van der Waals surface area contributed by atoms with Crippen LogP contribution in [0.15, 0.2) is 5.16 Å². The molecule has 2 heterocycles. The number of aromatic nitrogens is 2. The topological polar surface area (TPSA) is 21.1 Å². The molecule has 1 aromatic heterocycles. The number of hydrogen-bond acceptors (Lipinski definition) is 3. The molecular weight excluding hydrogens is 301 g/mol. The first-order valence-corrected chi connectivity index (χ1v) is 7.84. The van der Waals surface area contributed by atoms with Crippen molar-refractivity contribution in [3.63, 3.8) is 0 Å². The summed E-state index contributed by atoms with van der Waals surface area (Å²) in [7, 11) is 0. The summed E-state index contributed by atoms with van der Waals surface area (Å²) < 4.78 is 4.48. The molecule has 0 aliphatic carbocycles. The zero-order valence-corrected chi connectivity index (χ0v) is 13.5. The molecule has 3 nitrogen and oxygen atoms in total. The Bertz CT molecular complexity index is 666. The van der Waals surface area contributed by atoms with E-state index in [1.807, 2.05) is 13.8 Å². The highest BCUT2D eigenvalue weighted by Crippen LogP contribution is 2.40. The predicted molar refractivity (Wildman–Crippen MR) is 82.3 cm³/mol. The summed E-state index contributed by atoms with van der Waals surface area (Å²) >= 11 is 14.6. The van der Waals surface area contributed by atoms with E-state index < -0.39 is 0 Å². The van der Waals surface area contributed by atoms with Gasteiger partial charge in [-0.2, -0.15) is 0 Å². The largest absolute Gasteiger partial charge is 0.315 e. The van der Waals surface area contributed by atoms with E-state index in [2.05, 4.69) is 20.8 Å². The van der Waals surface area contributed by atoms with Gasteiger partial charge < -0.3 is 4.57 Å². The molecule has 0 saturated carbocycles. The minimum Gasteiger partial charge on any atom is -0.315 e. The van der Waals surface area contributed by atoms with E-state index in [-0.39, 0.29) is 0 Å². The molecule has 1 aromatic carbocycles. The van der Waals surface area contributed by atoms with Crippen molar-refractivity contribution >= 4 is 46.2 Å². The molecule has 19 heavy (non-hydrogen) atoms. The van der Waals surface area contributed by atoms with Gasteiger partial charge >= 0.3 is 0 Å². The van der Waals surface area contributed by atoms with E-state index in [0.717, 1.165) is 57.0 Å². The maximum Gasteiger partial charge on any atom is 0.184 e. The van der Waals surface area contributed by atoms with Crippen molar-refractivity contribution in [3.8, 4) is 0 Å². The van der Waals surface area contributed by atoms with E-state index in [1.165, 1.54) is 0 Å². The highest BCUT2D eigenvalue weighted by atomic mass is 35.5. The molecule has 2 aromatic rings. The van der Waals surface area contributed by atoms with Crippen LogP contribution in [0.3, 0.4) is 0 Å². The lowest BCUT2D eigenvalue weighted by molar-refractivity contribution is 0.425. The number of halogens is 2. The van der Waals surface area contributed by atoms with Crippen molar-refractivity contribution in [2.24, 2.45) is 0 Å². The van der Waals surface area contributed by atoms with E-state index in [1.54, 1.807) is 11.9 Å². The van der Waals surface area contributed by atoms with Crippen molar-refractivity contribution in [1.82, 2.24) is 13.9 Å². The smallest absolute Gasteiger partial charge is 0.184 e. The lowest BCUT2D eigenvalue weighted by atomic mass is 10.1. The number of rotatable bonds is 1. The van der Waals surface area contributed by atoms with Crippen molar-refractivity contribution in [3.05, 3.63) is 21.2 Å². The molecule has 1 aliphatic heterocycles. The molecule has 0 spiro atoms. The third-order valence-corrected chi connectivity index (χ3v) is 5.80. The van der Waals surface area contributed by atoms with Crippen molar-refractivity contribution in [2.45, 2.75) is 32.5 Å². The van der Waals surface area contributed by atoms with Crippen LogP contribution in [0, 0.1) is 13.8 Å². The fourth-order valence-corrected chi connectivity index (χ4v) is 3.92. The Morgan fingerprint density at radius 1 is 1.16 bits per heavy atom. The fraction of sp³-hybridized carbons (Fsp3) is 0.462. The SMILES string of the molecule is CCN1CCn2c(nc3c(Cl)c(C)c(C)c(Cl)c32)S1. The van der Waals surface area contributed by atoms with Crippen molar-refractivity contribution < 1.29 is 0 Å². The average Bonchev–Trinajstić information content (AvgIpc) is 2.81. The number of imidazole rings is 1. The van der Waals surface area contributed by atoms with Gasteiger partial charge in [-0.3, -0.25) is 0 Å². The van der Waals surface area contributed by atoms with Crippen LogP contribution >= 0.6 is 35.1 Å². The molecule has 0 fully saturated rings. The summed E-state index contributed by atoms with van der Waals surface area (Å²) in [5.41, 5.74) is 3.87. The van der Waals surface area contributed by atoms with Gasteiger partial charge in [0.05, 0.1) is 15.6 Å². The van der Waals surface area contributed by atoms with Crippen LogP contribution in [0.4, 0.5) is 0 Å². The van der Waals surface area contributed by atoms with Gasteiger partial charge in [0.1, 0.15) is 5.52 Å². The normalized spacial score (nSPS) is 16.1. The van der Waals surface area contributed by atoms with E-state index in [4.69, 9.17) is 23.2 Å². The quantitative estimate of drug-likeness (QED) is 0.732. The Morgan fingerprint density at radius 2 is 1.84 bits per heavy atom. The second-order valence-electron chi connectivity index (χ2n) is 4.73. The van der Waals surface area contributed by atoms with Crippen LogP contribution in [0.1, 0.15) is 18.1 Å². The molecule has 0 N–H and O–H groups in total. The molecule has 0 amide bonds. The molecule has 0 atom stereocenters. The molecule has 102 valence electrons. The number of benzene rings is 1. The van der Waals surface area contributed by atoms with Gasteiger partial charge in [0, 0.05) is 19.6 Å². The van der Waals surface area contributed by atoms with Gasteiger partial charge in [0.15, 0.2) is 5.16 Å². The summed E-state index contributed by atoms with van der Waals surface area (Å²) in [6.45, 7) is 9.07. The molecule has 1 aliphatic rings. The summed E-state index contributed by atoms with van der Waals surface area (Å²) in [5, 5.41) is 2.49. The zero-order valence-electron chi connectivity index (χ0n) is 11.1. The number of nitrogens with zero attached hydrogens (tertiary/aromatic N) is 3. The van der Waals surface area contributed by atoms with Gasteiger partial charge in [0.2, 0.25) is 0 Å². The van der Waals surface area contributed by atoms with E-state index >= 15 is 0 Å². The molecular formula is C13H15Cl2N3S. The number of hydrogen-bond donors (Lipinski definition) is 0. The minimum absolute atomic E-state index is 0.724.